The molecule has 2 heterocycles. The van der Waals surface area contributed by atoms with E-state index in [2.05, 4.69) is 57.0 Å². The van der Waals surface area contributed by atoms with Crippen molar-refractivity contribution in [3.8, 4) is 11.4 Å². The molecule has 0 saturated carbocycles. The van der Waals surface area contributed by atoms with Gasteiger partial charge in [0, 0.05) is 17.5 Å². The summed E-state index contributed by atoms with van der Waals surface area (Å²) >= 11 is 1.80. The molecular formula is C23H25N5OS. The van der Waals surface area contributed by atoms with Crippen molar-refractivity contribution in [2.75, 3.05) is 7.11 Å². The first-order valence-electron chi connectivity index (χ1n) is 9.95. The van der Waals surface area contributed by atoms with Gasteiger partial charge in [-0.15, -0.1) is 16.4 Å². The lowest BCUT2D eigenvalue weighted by Crippen LogP contribution is -2.34. The SMILES string of the molecule is COc1ccc(CN(Cc2nnnn2-c2ccccc2)[C@@H](C)Cc2cccs2)cc1. The fourth-order valence-electron chi connectivity index (χ4n) is 3.44. The zero-order valence-electron chi connectivity index (χ0n) is 17.2. The second-order valence-electron chi connectivity index (χ2n) is 7.23. The molecule has 6 nitrogen and oxygen atoms in total. The van der Waals surface area contributed by atoms with Crippen LogP contribution >= 0.6 is 11.3 Å². The third-order valence-corrected chi connectivity index (χ3v) is 6.02. The number of tetrazole rings is 1. The molecule has 0 N–H and O–H groups in total. The zero-order valence-corrected chi connectivity index (χ0v) is 18.0. The van der Waals surface area contributed by atoms with Gasteiger partial charge < -0.3 is 4.74 Å². The van der Waals surface area contributed by atoms with Gasteiger partial charge in [0.25, 0.3) is 0 Å². The summed E-state index contributed by atoms with van der Waals surface area (Å²) in [5, 5.41) is 14.6. The predicted octanol–water partition coefficient (Wildman–Crippen LogP) is 4.37. The van der Waals surface area contributed by atoms with Crippen LogP contribution in [0, 0.1) is 0 Å². The summed E-state index contributed by atoms with van der Waals surface area (Å²) in [5.74, 6) is 1.69. The molecule has 0 saturated heterocycles. The maximum absolute atomic E-state index is 5.30. The van der Waals surface area contributed by atoms with Gasteiger partial charge in [-0.25, -0.2) is 0 Å². The van der Waals surface area contributed by atoms with Crippen LogP contribution < -0.4 is 4.74 Å². The molecule has 0 radical (unpaired) electrons. The average molecular weight is 420 g/mol. The summed E-state index contributed by atoms with van der Waals surface area (Å²) < 4.78 is 7.12. The maximum Gasteiger partial charge on any atom is 0.170 e. The third-order valence-electron chi connectivity index (χ3n) is 5.12. The molecule has 0 bridgehead atoms. The Hall–Kier alpha value is -3.03. The van der Waals surface area contributed by atoms with Gasteiger partial charge in [0.2, 0.25) is 0 Å². The number of benzene rings is 2. The van der Waals surface area contributed by atoms with Crippen molar-refractivity contribution in [1.29, 1.82) is 0 Å². The number of ether oxygens (including phenoxy) is 1. The van der Waals surface area contributed by atoms with Gasteiger partial charge in [0.1, 0.15) is 5.75 Å². The molecule has 0 amide bonds. The molecule has 154 valence electrons. The molecule has 4 aromatic rings. The molecule has 4 rings (SSSR count). The summed E-state index contributed by atoms with van der Waals surface area (Å²) in [6, 6.07) is 22.9. The zero-order chi connectivity index (χ0) is 20.8. The van der Waals surface area contributed by atoms with Gasteiger partial charge in [-0.3, -0.25) is 4.90 Å². The number of hydrogen-bond donors (Lipinski definition) is 0. The van der Waals surface area contributed by atoms with E-state index in [-0.39, 0.29) is 0 Å². The molecule has 0 aliphatic rings. The number of aromatic nitrogens is 4. The highest BCUT2D eigenvalue weighted by Gasteiger charge is 2.20. The summed E-state index contributed by atoms with van der Waals surface area (Å²) in [7, 11) is 1.69. The highest BCUT2D eigenvalue weighted by Crippen LogP contribution is 2.20. The molecule has 0 aliphatic carbocycles. The van der Waals surface area contributed by atoms with Gasteiger partial charge in [-0.2, -0.15) is 4.68 Å². The van der Waals surface area contributed by atoms with Crippen molar-refractivity contribution < 1.29 is 4.74 Å². The van der Waals surface area contributed by atoms with E-state index in [0.29, 0.717) is 12.6 Å². The number of hydrogen-bond acceptors (Lipinski definition) is 6. The van der Waals surface area contributed by atoms with Crippen molar-refractivity contribution in [1.82, 2.24) is 25.1 Å². The van der Waals surface area contributed by atoms with Crippen LogP contribution in [0.15, 0.2) is 72.1 Å². The lowest BCUT2D eigenvalue weighted by Gasteiger charge is -2.28. The van der Waals surface area contributed by atoms with Gasteiger partial charge in [0.15, 0.2) is 5.82 Å². The van der Waals surface area contributed by atoms with Crippen LogP contribution in [0.25, 0.3) is 5.69 Å². The fraction of sp³-hybridized carbons (Fsp3) is 0.261. The maximum atomic E-state index is 5.30. The Morgan fingerprint density at radius 3 is 2.50 bits per heavy atom. The third kappa shape index (κ3) is 4.93. The molecule has 0 unspecified atom stereocenters. The number of thiophene rings is 1. The second kappa shape index (κ2) is 9.65. The molecule has 2 aromatic carbocycles. The predicted molar refractivity (Wildman–Crippen MR) is 119 cm³/mol. The lowest BCUT2D eigenvalue weighted by molar-refractivity contribution is 0.183. The van der Waals surface area contributed by atoms with Crippen LogP contribution in [0.4, 0.5) is 0 Å². The Labute approximate surface area is 180 Å². The van der Waals surface area contributed by atoms with Crippen LogP contribution in [0.1, 0.15) is 23.2 Å². The first kappa shape index (κ1) is 20.3. The molecule has 1 atom stereocenters. The Balaban J connectivity index is 1.57. The highest BCUT2D eigenvalue weighted by molar-refractivity contribution is 7.09. The van der Waals surface area contributed by atoms with E-state index in [9.17, 15) is 0 Å². The molecule has 30 heavy (non-hydrogen) atoms. The van der Waals surface area contributed by atoms with E-state index in [4.69, 9.17) is 4.74 Å². The van der Waals surface area contributed by atoms with Gasteiger partial charge >= 0.3 is 0 Å². The summed E-state index contributed by atoms with van der Waals surface area (Å²) in [5.41, 5.74) is 2.19. The minimum Gasteiger partial charge on any atom is -0.497 e. The molecule has 0 spiro atoms. The summed E-state index contributed by atoms with van der Waals surface area (Å²) in [6.45, 7) is 3.72. The van der Waals surface area contributed by atoms with Gasteiger partial charge in [-0.1, -0.05) is 36.4 Å². The van der Waals surface area contributed by atoms with Crippen LogP contribution in [-0.4, -0.2) is 38.3 Å². The summed E-state index contributed by atoms with van der Waals surface area (Å²) in [4.78, 5) is 3.80. The fourth-order valence-corrected chi connectivity index (χ4v) is 4.26. The topological polar surface area (TPSA) is 56.1 Å². The van der Waals surface area contributed by atoms with E-state index in [1.807, 2.05) is 47.1 Å². The average Bonchev–Trinajstić information content (AvgIpc) is 3.46. The first-order valence-corrected chi connectivity index (χ1v) is 10.8. The van der Waals surface area contributed by atoms with Crippen LogP contribution in [0.2, 0.25) is 0 Å². The Morgan fingerprint density at radius 1 is 1.00 bits per heavy atom. The Morgan fingerprint density at radius 2 is 1.80 bits per heavy atom. The number of para-hydroxylation sites is 1. The second-order valence-corrected chi connectivity index (χ2v) is 8.26. The van der Waals surface area contributed by atoms with Gasteiger partial charge in [0.05, 0.1) is 19.3 Å². The van der Waals surface area contributed by atoms with Crippen molar-refractivity contribution >= 4 is 11.3 Å². The van der Waals surface area contributed by atoms with Crippen molar-refractivity contribution in [3.63, 3.8) is 0 Å². The minimum absolute atomic E-state index is 0.326. The smallest absolute Gasteiger partial charge is 0.170 e. The van der Waals surface area contributed by atoms with Crippen molar-refractivity contribution in [2.24, 2.45) is 0 Å². The first-order chi connectivity index (χ1) is 14.7. The Bertz CT molecular complexity index is 1030. The number of methoxy groups -OCH3 is 1. The van der Waals surface area contributed by atoms with E-state index >= 15 is 0 Å². The van der Waals surface area contributed by atoms with E-state index in [0.717, 1.165) is 30.2 Å². The molecular weight excluding hydrogens is 394 g/mol. The highest BCUT2D eigenvalue weighted by atomic mass is 32.1. The van der Waals surface area contributed by atoms with Gasteiger partial charge in [-0.05, 0) is 65.0 Å². The largest absolute Gasteiger partial charge is 0.497 e. The normalized spacial score (nSPS) is 12.2. The Kier molecular flexibility index (Phi) is 6.51. The van der Waals surface area contributed by atoms with Crippen LogP contribution in [0.5, 0.6) is 5.75 Å². The van der Waals surface area contributed by atoms with E-state index < -0.39 is 0 Å². The molecule has 2 aromatic heterocycles. The summed E-state index contributed by atoms with van der Waals surface area (Å²) in [6.07, 6.45) is 0.987. The van der Waals surface area contributed by atoms with Crippen LogP contribution in [-0.2, 0) is 19.5 Å². The van der Waals surface area contributed by atoms with Crippen molar-refractivity contribution in [3.05, 3.63) is 88.4 Å². The van der Waals surface area contributed by atoms with Crippen molar-refractivity contribution in [2.45, 2.75) is 32.5 Å². The molecule has 0 fully saturated rings. The standard InChI is InChI=1S/C23H25N5OS/c1-18(15-22-9-6-14-30-22)27(16-19-10-12-21(29-2)13-11-19)17-23-24-25-26-28(23)20-7-4-3-5-8-20/h3-14,18H,15-17H2,1-2H3/t18-/m0/s1. The minimum atomic E-state index is 0.326. The van der Waals surface area contributed by atoms with E-state index in [1.54, 1.807) is 18.4 Å². The van der Waals surface area contributed by atoms with E-state index in [1.165, 1.54) is 10.4 Å². The molecule has 7 heteroatoms. The number of rotatable bonds is 9. The molecule has 0 aliphatic heterocycles. The monoisotopic (exact) mass is 419 g/mol. The van der Waals surface area contributed by atoms with Crippen LogP contribution in [0.3, 0.4) is 0 Å². The quantitative estimate of drug-likeness (QED) is 0.403. The number of nitrogens with zero attached hydrogens (tertiary/aromatic N) is 5. The lowest BCUT2D eigenvalue weighted by atomic mass is 10.1.